The third-order valence-corrected chi connectivity index (χ3v) is 7.25. The molecule has 0 saturated heterocycles. The lowest BCUT2D eigenvalue weighted by atomic mass is 10.0. The molecule has 3 heterocycles. The topological polar surface area (TPSA) is 81.5 Å². The highest BCUT2D eigenvalue weighted by Gasteiger charge is 2.44. The van der Waals surface area contributed by atoms with Gasteiger partial charge in [0, 0.05) is 31.1 Å². The minimum atomic E-state index is -0.567. The maximum atomic E-state index is 14.1. The van der Waals surface area contributed by atoms with E-state index in [-0.39, 0.29) is 17.0 Å². The van der Waals surface area contributed by atoms with E-state index in [0.29, 0.717) is 46.0 Å². The van der Waals surface area contributed by atoms with Gasteiger partial charge in [-0.1, -0.05) is 35.3 Å². The minimum Gasteiger partial charge on any atom is -0.480 e. The molecule has 0 fully saturated rings. The number of fused-ring (bicyclic) bond motifs is 1. The van der Waals surface area contributed by atoms with Gasteiger partial charge in [0.1, 0.15) is 11.9 Å². The molecule has 0 saturated carbocycles. The highest BCUT2D eigenvalue weighted by Crippen LogP contribution is 2.47. The summed E-state index contributed by atoms with van der Waals surface area (Å²) in [5, 5.41) is 3.40. The van der Waals surface area contributed by atoms with Crippen LogP contribution in [0.15, 0.2) is 54.7 Å². The summed E-state index contributed by atoms with van der Waals surface area (Å²) in [5.74, 6) is -0.0658. The van der Waals surface area contributed by atoms with E-state index < -0.39 is 11.9 Å². The van der Waals surface area contributed by atoms with Crippen LogP contribution in [0, 0.1) is 5.82 Å². The molecule has 0 bridgehead atoms. The van der Waals surface area contributed by atoms with E-state index in [1.54, 1.807) is 43.5 Å². The van der Waals surface area contributed by atoms with Gasteiger partial charge in [-0.3, -0.25) is 9.69 Å². The number of rotatable bonds is 8. The van der Waals surface area contributed by atoms with Crippen LogP contribution in [0.3, 0.4) is 0 Å². The molecule has 11 heteroatoms. The number of methoxy groups -OCH3 is 2. The van der Waals surface area contributed by atoms with Crippen molar-refractivity contribution in [2.45, 2.75) is 19.0 Å². The normalized spacial score (nSPS) is 15.4. The first-order valence-corrected chi connectivity index (χ1v) is 12.9. The molecule has 0 spiro atoms. The Hall–Kier alpha value is -3.66. The summed E-state index contributed by atoms with van der Waals surface area (Å²) < 4.78 is 27.3. The number of nitrogens with one attached hydrogen (secondary N) is 1. The monoisotopic (exact) mass is 569 g/mol. The average Bonchev–Trinajstić information content (AvgIpc) is 3.45. The number of carbonyl (C=O) groups excluding carboxylic acids is 1. The molecule has 0 radical (unpaired) electrons. The van der Waals surface area contributed by atoms with Crippen molar-refractivity contribution in [1.82, 2.24) is 14.5 Å². The number of ether oxygens (including phenoxy) is 2. The average molecular weight is 570 g/mol. The zero-order chi connectivity index (χ0) is 27.8. The number of hydrogen-bond donors (Lipinski definition) is 1. The van der Waals surface area contributed by atoms with Crippen molar-refractivity contribution in [3.05, 3.63) is 87.4 Å². The van der Waals surface area contributed by atoms with Gasteiger partial charge in [-0.2, -0.15) is 4.98 Å². The van der Waals surface area contributed by atoms with Crippen LogP contribution in [0.5, 0.6) is 5.88 Å². The molecule has 2 aromatic heterocycles. The van der Waals surface area contributed by atoms with Crippen LogP contribution in [0.2, 0.25) is 10.0 Å². The van der Waals surface area contributed by atoms with Crippen LogP contribution in [-0.4, -0.2) is 48.3 Å². The van der Waals surface area contributed by atoms with E-state index >= 15 is 0 Å². The summed E-state index contributed by atoms with van der Waals surface area (Å²) in [5.41, 5.74) is 3.82. The van der Waals surface area contributed by atoms with E-state index in [2.05, 4.69) is 19.9 Å². The number of nitrogens with zero attached hydrogens (tertiary/aromatic N) is 4. The number of aromatic nitrogens is 3. The Bertz CT molecular complexity index is 1540. The number of benzene rings is 2. The number of halogens is 3. The molecule has 0 aliphatic carbocycles. The van der Waals surface area contributed by atoms with E-state index in [0.717, 1.165) is 11.3 Å². The van der Waals surface area contributed by atoms with Crippen molar-refractivity contribution < 1.29 is 18.7 Å². The molecular weight excluding hydrogens is 544 g/mol. The fourth-order valence-electron chi connectivity index (χ4n) is 5.03. The molecule has 1 N–H and O–H groups in total. The quantitative estimate of drug-likeness (QED) is 0.264. The summed E-state index contributed by atoms with van der Waals surface area (Å²) >= 11 is 12.4. The van der Waals surface area contributed by atoms with Crippen molar-refractivity contribution in [3.8, 4) is 17.1 Å². The summed E-state index contributed by atoms with van der Waals surface area (Å²) in [4.78, 5) is 24.6. The Balaban J connectivity index is 1.79. The summed E-state index contributed by atoms with van der Waals surface area (Å²) in [7, 11) is 4.88. The fourth-order valence-corrected chi connectivity index (χ4v) is 5.33. The molecule has 39 heavy (non-hydrogen) atoms. The first-order valence-electron chi connectivity index (χ1n) is 12.2. The molecule has 1 amide bonds. The van der Waals surface area contributed by atoms with Crippen LogP contribution in [-0.2, 0) is 4.74 Å². The Morgan fingerprint density at radius 1 is 1.10 bits per heavy atom. The highest BCUT2D eigenvalue weighted by molar-refractivity contribution is 6.31. The maximum absolute atomic E-state index is 14.1. The molecule has 1 unspecified atom stereocenters. The Kier molecular flexibility index (Phi) is 7.48. The second-order valence-corrected chi connectivity index (χ2v) is 9.94. The number of carbonyl (C=O) groups is 1. The molecule has 2 aromatic carbocycles. The summed E-state index contributed by atoms with van der Waals surface area (Å²) in [6, 6.07) is 12.6. The zero-order valence-corrected chi connectivity index (χ0v) is 23.2. The Morgan fingerprint density at radius 2 is 1.85 bits per heavy atom. The number of anilines is 2. The van der Waals surface area contributed by atoms with Crippen LogP contribution >= 0.6 is 23.2 Å². The third kappa shape index (κ3) is 4.71. The van der Waals surface area contributed by atoms with Gasteiger partial charge in [0.05, 0.1) is 47.3 Å². The van der Waals surface area contributed by atoms with Gasteiger partial charge in [0.2, 0.25) is 11.8 Å². The minimum absolute atomic E-state index is 0.0745. The molecule has 8 nitrogen and oxygen atoms in total. The zero-order valence-electron chi connectivity index (χ0n) is 21.7. The van der Waals surface area contributed by atoms with Crippen molar-refractivity contribution in [2.75, 3.05) is 38.1 Å². The van der Waals surface area contributed by atoms with Crippen molar-refractivity contribution in [1.29, 1.82) is 0 Å². The molecule has 2 atom stereocenters. The molecule has 5 rings (SSSR count). The standard InChI is InChI=1S/C28H26Cl2FN5O3/c1-15(14-38-3)35-23(20-13-33-28(32-2)34-26(20)39-4)12-19-25(35)24(16-5-7-17(29)8-6-16)36(27(19)37)18-9-10-22(31)21(30)11-18/h5-13,15,24H,14H2,1-4H3,(H,32,33,34)/t15-,24?/m1/s1. The Morgan fingerprint density at radius 3 is 2.49 bits per heavy atom. The van der Waals surface area contributed by atoms with Gasteiger partial charge >= 0.3 is 0 Å². The molecule has 202 valence electrons. The van der Waals surface area contributed by atoms with E-state index in [1.807, 2.05) is 25.1 Å². The van der Waals surface area contributed by atoms with Gasteiger partial charge in [-0.15, -0.1) is 0 Å². The lowest BCUT2D eigenvalue weighted by molar-refractivity contribution is 0.0993. The van der Waals surface area contributed by atoms with E-state index in [9.17, 15) is 9.18 Å². The number of hydrogen-bond acceptors (Lipinski definition) is 6. The fraction of sp³-hybridized carbons (Fsp3) is 0.250. The largest absolute Gasteiger partial charge is 0.480 e. The van der Waals surface area contributed by atoms with Crippen LogP contribution in [0.4, 0.5) is 16.0 Å². The van der Waals surface area contributed by atoms with Gasteiger partial charge in [0.15, 0.2) is 0 Å². The predicted molar refractivity (Wildman–Crippen MR) is 150 cm³/mol. The lowest BCUT2D eigenvalue weighted by Gasteiger charge is -2.30. The summed E-state index contributed by atoms with van der Waals surface area (Å²) in [6.07, 6.45) is 1.66. The van der Waals surface area contributed by atoms with Crippen molar-refractivity contribution in [2.24, 2.45) is 0 Å². The van der Waals surface area contributed by atoms with Gasteiger partial charge < -0.3 is 19.4 Å². The maximum Gasteiger partial charge on any atom is 0.261 e. The molecular formula is C28H26Cl2FN5O3. The SMILES string of the molecule is CNc1ncc(-c2cc3c(n2[C@H](C)COC)C(c2ccc(Cl)cc2)N(c2ccc(F)c(Cl)c2)C3=O)c(OC)n1. The second-order valence-electron chi connectivity index (χ2n) is 9.10. The predicted octanol–water partition coefficient (Wildman–Crippen LogP) is 6.40. The molecule has 1 aliphatic rings. The van der Waals surface area contributed by atoms with Crippen LogP contribution in [0.25, 0.3) is 11.3 Å². The van der Waals surface area contributed by atoms with Gasteiger partial charge in [-0.25, -0.2) is 9.37 Å². The van der Waals surface area contributed by atoms with Crippen molar-refractivity contribution in [3.63, 3.8) is 0 Å². The Labute approximate surface area is 235 Å². The van der Waals surface area contributed by atoms with E-state index in [4.69, 9.17) is 32.7 Å². The van der Waals surface area contributed by atoms with Crippen LogP contribution < -0.4 is 15.0 Å². The second kappa shape index (κ2) is 10.8. The molecule has 1 aliphatic heterocycles. The highest BCUT2D eigenvalue weighted by atomic mass is 35.5. The summed E-state index contributed by atoms with van der Waals surface area (Å²) in [6.45, 7) is 2.37. The molecule has 4 aromatic rings. The van der Waals surface area contributed by atoms with Crippen molar-refractivity contribution >= 4 is 40.7 Å². The van der Waals surface area contributed by atoms with Gasteiger partial charge in [0.25, 0.3) is 5.91 Å². The first kappa shape index (κ1) is 26.9. The third-order valence-electron chi connectivity index (χ3n) is 6.70. The van der Waals surface area contributed by atoms with Gasteiger partial charge in [-0.05, 0) is 48.9 Å². The smallest absolute Gasteiger partial charge is 0.261 e. The lowest BCUT2D eigenvalue weighted by Crippen LogP contribution is -2.30. The first-order chi connectivity index (χ1) is 18.8. The van der Waals surface area contributed by atoms with E-state index in [1.165, 1.54) is 19.2 Å². The van der Waals surface area contributed by atoms with Crippen LogP contribution in [0.1, 0.15) is 40.6 Å². The number of amides is 1.